The summed E-state index contributed by atoms with van der Waals surface area (Å²) in [5.41, 5.74) is 0.793. The maximum Gasteiger partial charge on any atom is 0.142 e. The minimum atomic E-state index is -0.420. The van der Waals surface area contributed by atoms with Gasteiger partial charge in [0.2, 0.25) is 0 Å². The van der Waals surface area contributed by atoms with E-state index in [0.29, 0.717) is 10.9 Å². The largest absolute Gasteiger partial charge is 0.316 e. The van der Waals surface area contributed by atoms with Gasteiger partial charge in [-0.05, 0) is 36.6 Å². The number of halogens is 3. The summed E-state index contributed by atoms with van der Waals surface area (Å²) < 4.78 is 13.5. The van der Waals surface area contributed by atoms with E-state index in [9.17, 15) is 4.39 Å². The van der Waals surface area contributed by atoms with Crippen molar-refractivity contribution in [2.24, 2.45) is 5.92 Å². The van der Waals surface area contributed by atoms with Crippen molar-refractivity contribution in [2.75, 3.05) is 7.05 Å². The molecule has 0 aliphatic rings. The molecule has 0 radical (unpaired) electrons. The third kappa shape index (κ3) is 3.34. The normalized spacial score (nSPS) is 15.1. The van der Waals surface area contributed by atoms with Crippen molar-refractivity contribution in [1.29, 1.82) is 0 Å². The van der Waals surface area contributed by atoms with E-state index in [0.717, 1.165) is 5.56 Å². The highest BCUT2D eigenvalue weighted by Crippen LogP contribution is 2.32. The van der Waals surface area contributed by atoms with Crippen LogP contribution in [0.2, 0.25) is 10.0 Å². The van der Waals surface area contributed by atoms with E-state index in [2.05, 4.69) is 19.2 Å². The zero-order valence-electron chi connectivity index (χ0n) is 10.5. The van der Waals surface area contributed by atoms with Crippen LogP contribution < -0.4 is 5.32 Å². The molecule has 1 N–H and O–H groups in total. The fourth-order valence-electron chi connectivity index (χ4n) is 2.24. The van der Waals surface area contributed by atoms with Gasteiger partial charge >= 0.3 is 0 Å². The lowest BCUT2D eigenvalue weighted by molar-refractivity contribution is 0.375. The molecule has 0 spiro atoms. The molecule has 2 atom stereocenters. The lowest BCUT2D eigenvalue weighted by Crippen LogP contribution is -2.35. The quantitative estimate of drug-likeness (QED) is 0.801. The Hall–Kier alpha value is -0.310. The van der Waals surface area contributed by atoms with Crippen molar-refractivity contribution in [1.82, 2.24) is 5.32 Å². The number of benzene rings is 1. The monoisotopic (exact) mass is 277 g/mol. The summed E-state index contributed by atoms with van der Waals surface area (Å²) in [6.07, 6.45) is 0. The first-order valence-electron chi connectivity index (χ1n) is 5.70. The van der Waals surface area contributed by atoms with Gasteiger partial charge in [0.05, 0.1) is 5.02 Å². The van der Waals surface area contributed by atoms with Gasteiger partial charge in [-0.15, -0.1) is 0 Å². The van der Waals surface area contributed by atoms with Gasteiger partial charge < -0.3 is 5.32 Å². The van der Waals surface area contributed by atoms with Crippen molar-refractivity contribution in [3.8, 4) is 0 Å². The lowest BCUT2D eigenvalue weighted by Gasteiger charge is -2.28. The first kappa shape index (κ1) is 14.7. The molecule has 0 aliphatic heterocycles. The van der Waals surface area contributed by atoms with E-state index in [-0.39, 0.29) is 17.0 Å². The third-order valence-corrected chi connectivity index (χ3v) is 3.74. The maximum absolute atomic E-state index is 13.5. The Kier molecular flexibility index (Phi) is 5.23. The molecule has 0 amide bonds. The van der Waals surface area contributed by atoms with Crippen LogP contribution in [0.5, 0.6) is 0 Å². The number of hydrogen-bond acceptors (Lipinski definition) is 1. The fraction of sp³-hybridized carbons (Fsp3) is 0.538. The van der Waals surface area contributed by atoms with Crippen LogP contribution in [0.4, 0.5) is 4.39 Å². The van der Waals surface area contributed by atoms with Crippen molar-refractivity contribution in [2.45, 2.75) is 32.7 Å². The number of rotatable bonds is 4. The van der Waals surface area contributed by atoms with Crippen molar-refractivity contribution < 1.29 is 4.39 Å². The summed E-state index contributed by atoms with van der Waals surface area (Å²) in [7, 11) is 1.90. The minimum Gasteiger partial charge on any atom is -0.316 e. The highest BCUT2D eigenvalue weighted by molar-refractivity contribution is 6.35. The van der Waals surface area contributed by atoms with Crippen LogP contribution in [0.3, 0.4) is 0 Å². The molecule has 0 bridgehead atoms. The van der Waals surface area contributed by atoms with Crippen molar-refractivity contribution in [3.63, 3.8) is 0 Å². The van der Waals surface area contributed by atoms with Crippen LogP contribution in [0, 0.1) is 11.7 Å². The summed E-state index contributed by atoms with van der Waals surface area (Å²) in [6.45, 7) is 6.28. The molecule has 96 valence electrons. The maximum atomic E-state index is 13.5. The zero-order chi connectivity index (χ0) is 13.2. The van der Waals surface area contributed by atoms with Crippen LogP contribution in [-0.4, -0.2) is 13.1 Å². The second-order valence-corrected chi connectivity index (χ2v) is 5.45. The van der Waals surface area contributed by atoms with Crippen molar-refractivity contribution >= 4 is 23.2 Å². The molecule has 0 heterocycles. The summed E-state index contributed by atoms with van der Waals surface area (Å²) in [6, 6.07) is 3.15. The molecule has 0 saturated heterocycles. The van der Waals surface area contributed by atoms with Crippen LogP contribution in [0.15, 0.2) is 12.1 Å². The smallest absolute Gasteiger partial charge is 0.142 e. The minimum absolute atomic E-state index is 0.0662. The Morgan fingerprint density at radius 3 is 2.18 bits per heavy atom. The van der Waals surface area contributed by atoms with E-state index < -0.39 is 5.82 Å². The second-order valence-electron chi connectivity index (χ2n) is 4.63. The molecule has 1 nitrogen and oxygen atoms in total. The van der Waals surface area contributed by atoms with Gasteiger partial charge in [-0.3, -0.25) is 0 Å². The molecule has 0 fully saturated rings. The van der Waals surface area contributed by atoms with Gasteiger partial charge in [-0.25, -0.2) is 4.39 Å². The van der Waals surface area contributed by atoms with Crippen LogP contribution in [0.25, 0.3) is 0 Å². The SMILES string of the molecule is CNC(C(C)C)C(C)c1cc(F)c(Cl)cc1Cl. The van der Waals surface area contributed by atoms with Crippen LogP contribution in [-0.2, 0) is 0 Å². The topological polar surface area (TPSA) is 12.0 Å². The molecule has 2 unspecified atom stereocenters. The molecule has 0 aromatic heterocycles. The van der Waals surface area contributed by atoms with Gasteiger partial charge in [0.1, 0.15) is 5.82 Å². The number of likely N-dealkylation sites (N-methyl/N-ethyl adjacent to an activating group) is 1. The molecule has 1 rings (SSSR count). The Labute approximate surface area is 112 Å². The molecular formula is C13H18Cl2FN. The first-order valence-corrected chi connectivity index (χ1v) is 6.45. The molecule has 17 heavy (non-hydrogen) atoms. The molecule has 1 aromatic carbocycles. The van der Waals surface area contributed by atoms with Gasteiger partial charge in [0, 0.05) is 11.1 Å². The molecule has 0 aliphatic carbocycles. The highest BCUT2D eigenvalue weighted by atomic mass is 35.5. The Morgan fingerprint density at radius 1 is 1.12 bits per heavy atom. The summed E-state index contributed by atoms with van der Waals surface area (Å²) in [4.78, 5) is 0. The van der Waals surface area contributed by atoms with E-state index in [1.54, 1.807) is 0 Å². The second kappa shape index (κ2) is 6.03. The van der Waals surface area contributed by atoms with Gasteiger partial charge in [0.25, 0.3) is 0 Å². The summed E-state index contributed by atoms with van der Waals surface area (Å²) >= 11 is 11.8. The molecular weight excluding hydrogens is 260 g/mol. The van der Waals surface area contributed by atoms with Crippen LogP contribution in [0.1, 0.15) is 32.3 Å². The first-order chi connectivity index (χ1) is 7.88. The van der Waals surface area contributed by atoms with E-state index in [1.165, 1.54) is 12.1 Å². The molecule has 0 saturated carbocycles. The van der Waals surface area contributed by atoms with Gasteiger partial charge in [0.15, 0.2) is 0 Å². The molecule has 4 heteroatoms. The summed E-state index contributed by atoms with van der Waals surface area (Å²) in [5.74, 6) is 0.139. The Balaban J connectivity index is 3.11. The number of hydrogen-bond donors (Lipinski definition) is 1. The summed E-state index contributed by atoms with van der Waals surface area (Å²) in [5, 5.41) is 3.83. The lowest BCUT2D eigenvalue weighted by atomic mass is 9.86. The third-order valence-electron chi connectivity index (χ3n) is 3.12. The fourth-order valence-corrected chi connectivity index (χ4v) is 2.80. The Morgan fingerprint density at radius 2 is 1.71 bits per heavy atom. The zero-order valence-corrected chi connectivity index (χ0v) is 12.0. The van der Waals surface area contributed by atoms with Gasteiger partial charge in [-0.1, -0.05) is 44.0 Å². The average molecular weight is 278 g/mol. The van der Waals surface area contributed by atoms with E-state index in [1.807, 2.05) is 14.0 Å². The van der Waals surface area contributed by atoms with E-state index in [4.69, 9.17) is 23.2 Å². The standard InChI is InChI=1S/C13H18Cl2FN/c1-7(2)13(17-4)8(3)9-5-12(16)11(15)6-10(9)14/h5-8,13,17H,1-4H3. The van der Waals surface area contributed by atoms with E-state index >= 15 is 0 Å². The van der Waals surface area contributed by atoms with Gasteiger partial charge in [-0.2, -0.15) is 0 Å². The average Bonchev–Trinajstić information content (AvgIpc) is 2.23. The highest BCUT2D eigenvalue weighted by Gasteiger charge is 2.23. The number of nitrogens with one attached hydrogen (secondary N) is 1. The molecule has 1 aromatic rings. The van der Waals surface area contributed by atoms with Crippen LogP contribution >= 0.6 is 23.2 Å². The van der Waals surface area contributed by atoms with Crippen molar-refractivity contribution in [3.05, 3.63) is 33.6 Å². The Bertz CT molecular complexity index is 393. The predicted molar refractivity (Wildman–Crippen MR) is 72.5 cm³/mol. The predicted octanol–water partition coefficient (Wildman–Crippen LogP) is 4.48.